The number of benzene rings is 1. The van der Waals surface area contributed by atoms with Crippen LogP contribution in [0.4, 0.5) is 0 Å². The second-order valence-electron chi connectivity index (χ2n) is 4.36. The van der Waals surface area contributed by atoms with Crippen molar-refractivity contribution in [2.24, 2.45) is 0 Å². The fourth-order valence-corrected chi connectivity index (χ4v) is 1.80. The van der Waals surface area contributed by atoms with Crippen molar-refractivity contribution in [3.05, 3.63) is 35.9 Å². The van der Waals surface area contributed by atoms with E-state index in [9.17, 15) is 9.59 Å². The molecule has 1 amide bonds. The molecule has 0 unspecified atom stereocenters. The van der Waals surface area contributed by atoms with E-state index in [1.54, 1.807) is 0 Å². The van der Waals surface area contributed by atoms with Crippen molar-refractivity contribution in [2.45, 2.75) is 31.7 Å². The Morgan fingerprint density at radius 3 is 2.65 bits per heavy atom. The van der Waals surface area contributed by atoms with Crippen LogP contribution in [-0.4, -0.2) is 25.0 Å². The topological polar surface area (TPSA) is 79.2 Å². The molecule has 5 heteroatoms. The summed E-state index contributed by atoms with van der Waals surface area (Å²) in [4.78, 5) is 23.5. The van der Waals surface area contributed by atoms with Gasteiger partial charge in [0.1, 0.15) is 6.04 Å². The number of esters is 1. The van der Waals surface area contributed by atoms with Gasteiger partial charge in [-0.05, 0) is 18.4 Å². The molecule has 1 aromatic carbocycles. The molecular weight excluding hydrogens is 256 g/mol. The maximum Gasteiger partial charge on any atom is 0.328 e. The normalized spacial score (nSPS) is 11.2. The van der Waals surface area contributed by atoms with E-state index in [-0.39, 0.29) is 12.3 Å². The number of carbonyl (C=O) groups excluding carboxylic acids is 2. The van der Waals surface area contributed by atoms with Gasteiger partial charge in [-0.3, -0.25) is 4.79 Å². The number of ether oxygens (including phenoxy) is 1. The molecule has 0 saturated heterocycles. The Balaban J connectivity index is 2.53. The molecular formula is C15H18N2O3. The minimum absolute atomic E-state index is 0.215. The highest BCUT2D eigenvalue weighted by molar-refractivity contribution is 5.85. The van der Waals surface area contributed by atoms with E-state index in [1.165, 1.54) is 7.11 Å². The maximum absolute atomic E-state index is 11.9. The Bertz CT molecular complexity index is 480. The van der Waals surface area contributed by atoms with Gasteiger partial charge in [0.25, 0.3) is 0 Å². The molecule has 0 aliphatic carbocycles. The van der Waals surface area contributed by atoms with E-state index >= 15 is 0 Å². The minimum Gasteiger partial charge on any atom is -0.467 e. The number of hydrogen-bond acceptors (Lipinski definition) is 4. The summed E-state index contributed by atoms with van der Waals surface area (Å²) in [6.07, 6.45) is 1.51. The number of nitrogens with zero attached hydrogens (tertiary/aromatic N) is 1. The van der Waals surface area contributed by atoms with Gasteiger partial charge in [0, 0.05) is 6.42 Å². The lowest BCUT2D eigenvalue weighted by Gasteiger charge is -2.15. The van der Waals surface area contributed by atoms with Crippen molar-refractivity contribution >= 4 is 11.9 Å². The third-order valence-electron chi connectivity index (χ3n) is 2.81. The highest BCUT2D eigenvalue weighted by Crippen LogP contribution is 2.04. The van der Waals surface area contributed by atoms with Crippen LogP contribution in [0.5, 0.6) is 0 Å². The number of nitriles is 1. The summed E-state index contributed by atoms with van der Waals surface area (Å²) < 4.78 is 4.66. The molecule has 0 aliphatic heterocycles. The first-order valence-corrected chi connectivity index (χ1v) is 6.45. The summed E-state index contributed by atoms with van der Waals surface area (Å²) in [5.74, 6) is -0.715. The SMILES string of the molecule is COC(=O)[C@H](CCCC#N)NC(=O)Cc1ccccc1. The number of rotatable bonds is 7. The molecule has 1 aromatic rings. The van der Waals surface area contributed by atoms with Crippen LogP contribution in [0.15, 0.2) is 30.3 Å². The predicted molar refractivity (Wildman–Crippen MR) is 73.6 cm³/mol. The molecule has 5 nitrogen and oxygen atoms in total. The van der Waals surface area contributed by atoms with Gasteiger partial charge in [-0.2, -0.15) is 5.26 Å². The summed E-state index contributed by atoms with van der Waals surface area (Å²) in [5.41, 5.74) is 0.880. The summed E-state index contributed by atoms with van der Waals surface area (Å²) >= 11 is 0. The third kappa shape index (κ3) is 5.53. The molecule has 0 heterocycles. The van der Waals surface area contributed by atoms with Gasteiger partial charge in [-0.15, -0.1) is 0 Å². The highest BCUT2D eigenvalue weighted by atomic mass is 16.5. The van der Waals surface area contributed by atoms with E-state index in [2.05, 4.69) is 10.1 Å². The zero-order valence-electron chi connectivity index (χ0n) is 11.5. The third-order valence-corrected chi connectivity index (χ3v) is 2.81. The molecule has 1 rings (SSSR count). The molecule has 1 N–H and O–H groups in total. The standard InChI is InChI=1S/C15H18N2O3/c1-20-15(19)13(9-5-6-10-16)17-14(18)11-12-7-3-2-4-8-12/h2-4,7-8,13H,5-6,9,11H2,1H3,(H,17,18)/t13-/m0/s1. The first kappa shape index (κ1) is 15.7. The molecule has 0 saturated carbocycles. The zero-order chi connectivity index (χ0) is 14.8. The molecule has 1 atom stereocenters. The van der Waals surface area contributed by atoms with Crippen LogP contribution in [0.3, 0.4) is 0 Å². The second kappa shape index (κ2) is 8.70. The first-order valence-electron chi connectivity index (χ1n) is 6.45. The van der Waals surface area contributed by atoms with Crippen molar-refractivity contribution in [1.82, 2.24) is 5.32 Å². The molecule has 0 aliphatic rings. The van der Waals surface area contributed by atoms with Crippen molar-refractivity contribution in [3.8, 4) is 6.07 Å². The van der Waals surface area contributed by atoms with Gasteiger partial charge in [0.15, 0.2) is 0 Å². The van der Waals surface area contributed by atoms with Gasteiger partial charge >= 0.3 is 5.97 Å². The fraction of sp³-hybridized carbons (Fsp3) is 0.400. The number of methoxy groups -OCH3 is 1. The summed E-state index contributed by atoms with van der Waals surface area (Å²) in [7, 11) is 1.28. The smallest absolute Gasteiger partial charge is 0.328 e. The maximum atomic E-state index is 11.9. The highest BCUT2D eigenvalue weighted by Gasteiger charge is 2.20. The summed E-state index contributed by atoms with van der Waals surface area (Å²) in [5, 5.41) is 11.2. The molecule has 106 valence electrons. The van der Waals surface area contributed by atoms with Crippen molar-refractivity contribution in [1.29, 1.82) is 5.26 Å². The van der Waals surface area contributed by atoms with Crippen LogP contribution in [-0.2, 0) is 20.7 Å². The Morgan fingerprint density at radius 2 is 2.05 bits per heavy atom. The van der Waals surface area contributed by atoms with E-state index in [0.29, 0.717) is 19.3 Å². The number of amides is 1. The van der Waals surface area contributed by atoms with Crippen molar-refractivity contribution in [3.63, 3.8) is 0 Å². The Morgan fingerprint density at radius 1 is 1.35 bits per heavy atom. The Kier molecular flexibility index (Phi) is 6.83. The monoisotopic (exact) mass is 274 g/mol. The molecule has 0 fully saturated rings. The first-order chi connectivity index (χ1) is 9.67. The van der Waals surface area contributed by atoms with Crippen LogP contribution in [0.2, 0.25) is 0 Å². The molecule has 0 spiro atoms. The largest absolute Gasteiger partial charge is 0.467 e. The van der Waals surface area contributed by atoms with Crippen LogP contribution in [0.25, 0.3) is 0 Å². The lowest BCUT2D eigenvalue weighted by Crippen LogP contribution is -2.42. The van der Waals surface area contributed by atoms with E-state index in [4.69, 9.17) is 5.26 Å². The lowest BCUT2D eigenvalue weighted by atomic mass is 10.1. The molecule has 0 radical (unpaired) electrons. The molecule has 0 bridgehead atoms. The second-order valence-corrected chi connectivity index (χ2v) is 4.36. The number of hydrogen-bond donors (Lipinski definition) is 1. The Labute approximate surface area is 118 Å². The summed E-state index contributed by atoms with van der Waals surface area (Å²) in [6.45, 7) is 0. The van der Waals surface area contributed by atoms with Gasteiger partial charge in [-0.25, -0.2) is 4.79 Å². The van der Waals surface area contributed by atoms with Crippen LogP contribution < -0.4 is 5.32 Å². The quantitative estimate of drug-likeness (QED) is 0.604. The number of unbranched alkanes of at least 4 members (excludes halogenated alkanes) is 1. The van der Waals surface area contributed by atoms with Gasteiger partial charge in [0.05, 0.1) is 19.6 Å². The molecule has 0 aromatic heterocycles. The van der Waals surface area contributed by atoms with E-state index in [0.717, 1.165) is 5.56 Å². The minimum atomic E-state index is -0.690. The van der Waals surface area contributed by atoms with Crippen LogP contribution in [0.1, 0.15) is 24.8 Å². The fourth-order valence-electron chi connectivity index (χ4n) is 1.80. The van der Waals surface area contributed by atoms with Crippen LogP contribution in [0, 0.1) is 11.3 Å². The van der Waals surface area contributed by atoms with Gasteiger partial charge < -0.3 is 10.1 Å². The predicted octanol–water partition coefficient (Wildman–Crippen LogP) is 1.58. The zero-order valence-corrected chi connectivity index (χ0v) is 11.5. The van der Waals surface area contributed by atoms with Crippen molar-refractivity contribution in [2.75, 3.05) is 7.11 Å². The lowest BCUT2D eigenvalue weighted by molar-refractivity contribution is -0.145. The number of carbonyl (C=O) groups is 2. The number of nitrogens with one attached hydrogen (secondary N) is 1. The summed E-state index contributed by atoms with van der Waals surface area (Å²) in [6, 6.07) is 10.6. The van der Waals surface area contributed by atoms with Gasteiger partial charge in [-0.1, -0.05) is 30.3 Å². The van der Waals surface area contributed by atoms with Gasteiger partial charge in [0.2, 0.25) is 5.91 Å². The molecule has 20 heavy (non-hydrogen) atoms. The Hall–Kier alpha value is -2.35. The van der Waals surface area contributed by atoms with Crippen molar-refractivity contribution < 1.29 is 14.3 Å². The van der Waals surface area contributed by atoms with Crippen LogP contribution >= 0.6 is 0 Å². The van der Waals surface area contributed by atoms with E-state index in [1.807, 2.05) is 36.4 Å². The van der Waals surface area contributed by atoms with E-state index < -0.39 is 12.0 Å². The average Bonchev–Trinajstić information content (AvgIpc) is 2.46. The average molecular weight is 274 g/mol.